The van der Waals surface area contributed by atoms with Crippen molar-refractivity contribution in [3.05, 3.63) is 261 Å². The number of aldehydes is 1. The third kappa shape index (κ3) is 19.1. The minimum atomic E-state index is -0.965. The van der Waals surface area contributed by atoms with E-state index in [0.717, 1.165) is 117 Å². The Bertz CT molecular complexity index is 7280. The maximum absolute atomic E-state index is 14.0. The first-order valence-corrected chi connectivity index (χ1v) is 50.9. The second-order valence-electron chi connectivity index (χ2n) is 42.9. The Balaban J connectivity index is 0.000000135. The largest absolute Gasteiger partial charge is 0.411 e. The summed E-state index contributed by atoms with van der Waals surface area (Å²) < 4.78 is 0. The van der Waals surface area contributed by atoms with Crippen molar-refractivity contribution in [2.75, 3.05) is 74.0 Å². The lowest BCUT2D eigenvalue weighted by Crippen LogP contribution is -2.52. The number of nitrogens with zero attached hydrogens (tertiary/aromatic N) is 11. The number of carbonyl (C=O) groups is 13. The molecule has 4 spiro atoms. The summed E-state index contributed by atoms with van der Waals surface area (Å²) in [5.41, 5.74) is 11.9. The molecule has 0 bridgehead atoms. The van der Waals surface area contributed by atoms with Crippen molar-refractivity contribution >= 4 is 150 Å². The van der Waals surface area contributed by atoms with Crippen LogP contribution in [0.3, 0.4) is 0 Å². The van der Waals surface area contributed by atoms with Gasteiger partial charge in [0.1, 0.15) is 65.3 Å². The highest BCUT2D eigenvalue weighted by molar-refractivity contribution is 6.14. The van der Waals surface area contributed by atoms with E-state index in [9.17, 15) is 78.1 Å². The van der Waals surface area contributed by atoms with Crippen LogP contribution in [0.4, 0.5) is 22.7 Å². The number of hydrogen-bond acceptors (Lipinski definition) is 17. The number of aromatic amines is 4. The first-order valence-electron chi connectivity index (χ1n) is 50.9. The maximum Gasteiger partial charge on any atom is 0.268 e. The van der Waals surface area contributed by atoms with Crippen LogP contribution in [0.1, 0.15) is 193 Å². The van der Waals surface area contributed by atoms with Gasteiger partial charge in [0.2, 0.25) is 47.3 Å². The lowest BCUT2D eigenvalue weighted by Gasteiger charge is -2.29. The zero-order valence-corrected chi connectivity index (χ0v) is 86.7. The molecular weight excluding hydrogens is 1880 g/mol. The van der Waals surface area contributed by atoms with Gasteiger partial charge in [0.25, 0.3) is 23.6 Å². The molecule has 0 saturated carbocycles. The van der Waals surface area contributed by atoms with Crippen LogP contribution in [0.15, 0.2) is 199 Å². The summed E-state index contributed by atoms with van der Waals surface area (Å²) in [6.07, 6.45) is 4.69. The van der Waals surface area contributed by atoms with Gasteiger partial charge in [-0.05, 0) is 207 Å². The number of likely N-dealkylation sites (tertiary alicyclic amines) is 4. The van der Waals surface area contributed by atoms with Crippen molar-refractivity contribution in [2.24, 2.45) is 28.8 Å². The minimum absolute atomic E-state index is 0.0942. The Morgan fingerprint density at radius 2 is 0.597 bits per heavy atom. The Morgan fingerprint density at radius 3 is 0.839 bits per heavy atom. The number of carbonyl (C=O) groups excluding carboxylic acids is 13. The molecule has 33 heteroatoms. The number of benzene rings is 8. The van der Waals surface area contributed by atoms with E-state index in [1.54, 1.807) is 77.0 Å². The number of fused-ring (bicyclic) bond motifs is 12. The molecule has 12 atom stereocenters. The highest BCUT2D eigenvalue weighted by Crippen LogP contribution is 2.54. The van der Waals surface area contributed by atoms with E-state index in [1.807, 2.05) is 253 Å². The number of aryl methyl sites for hydroxylation is 4. The molecule has 149 heavy (non-hydrogen) atoms. The Labute approximate surface area is 864 Å². The van der Waals surface area contributed by atoms with Gasteiger partial charge in [0.15, 0.2) is 0 Å². The molecule has 8 aliphatic heterocycles. The van der Waals surface area contributed by atoms with Crippen LogP contribution in [0.5, 0.6) is 0 Å². The lowest BCUT2D eigenvalue weighted by molar-refractivity contribution is -0.137. The van der Waals surface area contributed by atoms with Crippen molar-refractivity contribution in [3.63, 3.8) is 0 Å². The molecule has 770 valence electrons. The van der Waals surface area contributed by atoms with E-state index < -0.39 is 70.0 Å². The summed E-state index contributed by atoms with van der Waals surface area (Å²) in [6.45, 7) is 24.3. The van der Waals surface area contributed by atoms with Crippen LogP contribution >= 0.6 is 0 Å². The van der Waals surface area contributed by atoms with Gasteiger partial charge in [0.05, 0.1) is 52.1 Å². The molecule has 0 unspecified atom stereocenters. The van der Waals surface area contributed by atoms with Gasteiger partial charge >= 0.3 is 0 Å². The van der Waals surface area contributed by atoms with Crippen LogP contribution < -0.4 is 40.9 Å². The molecule has 0 aliphatic carbocycles. The normalized spacial score (nSPS) is 21.6. The summed E-state index contributed by atoms with van der Waals surface area (Å²) >= 11 is 0. The Kier molecular flexibility index (Phi) is 29.0. The van der Waals surface area contributed by atoms with Gasteiger partial charge < -0.3 is 90.4 Å². The molecule has 4 fully saturated rings. The number of anilines is 4. The molecule has 20 rings (SSSR count). The van der Waals surface area contributed by atoms with Crippen molar-refractivity contribution in [1.82, 2.24) is 60.8 Å². The molecule has 33 nitrogen and oxygen atoms in total. The number of para-hydroxylation sites is 4. The fraction of sp³-hybridized carbons (Fsp3) is 0.379. The average Bonchev–Trinajstić information content (AvgIpc) is 1.57. The molecule has 0 radical (unpaired) electrons. The molecule has 9 N–H and O–H groups in total. The molecule has 8 aromatic carbocycles. The zero-order valence-electron chi connectivity index (χ0n) is 86.7. The first kappa shape index (κ1) is 104. The standard InChI is InChI=1S/C29H33N5O4.2C29H31N5O3.C29H32N4O4/c1-17(2)12-24(32-26(35)23-13-20-18(3)8-7-10-22(20)31-23)27(36)34-16-29(14-19(34)15-30-38)21-9-5-6-11-25(21)33(4)28(29)37;2*1-17(2)12-24(32-26(35)23-13-20-18(3)8-7-10-22(20)31-23)27(36)34-16-29(14-19(34)15-30)21-9-5-6-11-25(21)33(4)28(29)37;1-17(2)12-24(31-26(35)23-13-20-18(3)8-7-10-22(20)30-23)27(36)33-16-29(14-19(33)15-34)21-9-5-6-11-25(21)32(4)28(29)37/h5-11,13,15,17,19,24,31,38H,12,14,16H2,1-4H3,(H,32,35);2*5-11,13,17,19,24,31H,12,14,16H2,1-4H3,(H,32,35);5-11,13,15,17,19,24,30H,12,14,16H2,1-4H3,(H,31,35)/b30-15+;;;/t4*19-,24-,29-/m0000/s1. The number of amides is 12. The van der Waals surface area contributed by atoms with E-state index in [4.69, 9.17) is 0 Å². The molecule has 12 aromatic rings. The molecular formula is C116H127N19O14. The zero-order chi connectivity index (χ0) is 107. The second-order valence-corrected chi connectivity index (χ2v) is 42.9. The number of H-pyrrole nitrogens is 4. The van der Waals surface area contributed by atoms with Crippen LogP contribution in [0, 0.1) is 74.0 Å². The predicted molar refractivity (Wildman–Crippen MR) is 569 cm³/mol. The summed E-state index contributed by atoms with van der Waals surface area (Å²) in [7, 11) is 6.91. The number of hydrogen-bond donors (Lipinski definition) is 9. The molecule has 4 saturated heterocycles. The number of nitrogens with one attached hydrogen (secondary N) is 8. The first-order chi connectivity index (χ1) is 71.1. The topological polar surface area (TPSA) is 439 Å². The van der Waals surface area contributed by atoms with Gasteiger partial charge in [-0.25, -0.2) is 0 Å². The highest BCUT2D eigenvalue weighted by Gasteiger charge is 2.63. The minimum Gasteiger partial charge on any atom is -0.411 e. The van der Waals surface area contributed by atoms with Crippen LogP contribution in [0.25, 0.3) is 43.6 Å². The number of rotatable bonds is 22. The Morgan fingerprint density at radius 1 is 0.362 bits per heavy atom. The van der Waals surface area contributed by atoms with Gasteiger partial charge in [-0.15, -0.1) is 0 Å². The number of aromatic nitrogens is 4. The monoisotopic (exact) mass is 2010 g/mol. The maximum atomic E-state index is 14.0. The fourth-order valence-corrected chi connectivity index (χ4v) is 23.7. The summed E-state index contributed by atoms with van der Waals surface area (Å²) in [4.78, 5) is 200. The molecule has 4 aromatic heterocycles. The summed E-state index contributed by atoms with van der Waals surface area (Å²) in [5, 5.41) is 48.1. The van der Waals surface area contributed by atoms with Crippen LogP contribution in [-0.2, 0) is 64.8 Å². The SMILES string of the molecule is Cc1cccc2[nH]c(C(=O)N[C@@H](CC(C)C)C(=O)N3C[C@]4(C[C@H]3/C=N/O)C(=O)N(C)c3ccccc34)cc12.Cc1cccc2[nH]c(C(=O)N[C@@H](CC(C)C)C(=O)N3C[C@]4(C[C@H]3C#N)C(=O)N(C)c3ccccc34)cc12.Cc1cccc2[nH]c(C(=O)N[C@@H](CC(C)C)C(=O)N3C[C@]4(C[C@H]3C#N)C(=O)N(C)c3ccccc34)cc12.Cc1cccc2[nH]c(C(=O)N[C@@H](CC(C)C)C(=O)N3C[C@]4(C[C@H]3C=O)C(=O)N(C)c3ccccc34)cc12. The summed E-state index contributed by atoms with van der Waals surface area (Å²) in [5.74, 6) is -2.77. The van der Waals surface area contributed by atoms with E-state index in [0.29, 0.717) is 54.9 Å². The van der Waals surface area contributed by atoms with Gasteiger partial charge in [-0.2, -0.15) is 10.5 Å². The van der Waals surface area contributed by atoms with Gasteiger partial charge in [0, 0.05) is 134 Å². The van der Waals surface area contributed by atoms with Crippen molar-refractivity contribution in [1.29, 1.82) is 10.5 Å². The fourth-order valence-electron chi connectivity index (χ4n) is 23.7. The average molecular weight is 2010 g/mol. The van der Waals surface area contributed by atoms with Crippen molar-refractivity contribution < 1.29 is 67.5 Å². The molecule has 8 aliphatic rings. The smallest absolute Gasteiger partial charge is 0.268 e. The number of oxime groups is 1. The number of likely N-dealkylation sites (N-methyl/N-ethyl adjacent to an activating group) is 4. The van der Waals surface area contributed by atoms with Crippen LogP contribution in [0.2, 0.25) is 0 Å². The van der Waals surface area contributed by atoms with E-state index in [-0.39, 0.29) is 140 Å². The number of nitriles is 2. The Hall–Kier alpha value is -16.3. The second kappa shape index (κ2) is 41.5. The van der Waals surface area contributed by atoms with Crippen molar-refractivity contribution in [3.8, 4) is 12.1 Å². The van der Waals surface area contributed by atoms with Gasteiger partial charge in [-0.3, -0.25) is 57.5 Å². The van der Waals surface area contributed by atoms with Gasteiger partial charge in [-0.1, -0.05) is 182 Å². The highest BCUT2D eigenvalue weighted by atomic mass is 16.4. The molecule has 12 heterocycles. The third-order valence-corrected chi connectivity index (χ3v) is 31.1. The van der Waals surface area contributed by atoms with Crippen molar-refractivity contribution in [2.45, 2.75) is 204 Å². The van der Waals surface area contributed by atoms with Crippen LogP contribution in [-0.4, -0.2) is 231 Å². The van der Waals surface area contributed by atoms with E-state index in [2.05, 4.69) is 58.5 Å². The lowest BCUT2D eigenvalue weighted by atomic mass is 9.79. The quantitative estimate of drug-likeness (QED) is 0.0132. The molecule has 12 amide bonds. The van der Waals surface area contributed by atoms with E-state index in [1.165, 1.54) is 20.9 Å². The summed E-state index contributed by atoms with van der Waals surface area (Å²) in [6, 6.07) is 58.9. The third-order valence-electron chi connectivity index (χ3n) is 31.1. The van der Waals surface area contributed by atoms with E-state index >= 15 is 0 Å². The predicted octanol–water partition coefficient (Wildman–Crippen LogP) is 14.3.